The van der Waals surface area contributed by atoms with Crippen LogP contribution in [0.4, 0.5) is 0 Å². The van der Waals surface area contributed by atoms with Crippen LogP contribution in [0.2, 0.25) is 0 Å². The molecule has 1 aromatic rings. The molecule has 0 saturated heterocycles. The molecule has 0 atom stereocenters. The molecule has 5 nitrogen and oxygen atoms in total. The van der Waals surface area contributed by atoms with Crippen LogP contribution in [0.25, 0.3) is 0 Å². The highest BCUT2D eigenvalue weighted by atomic mass is 32.2. The Bertz CT molecular complexity index is 463. The van der Waals surface area contributed by atoms with Gasteiger partial charge in [-0.2, -0.15) is 11.8 Å². The molecule has 0 aromatic carbocycles. The van der Waals surface area contributed by atoms with E-state index in [2.05, 4.69) is 4.98 Å². The molecule has 98 valence electrons. The number of carbonyl (C=O) groups excluding carboxylic acids is 1. The van der Waals surface area contributed by atoms with Crippen molar-refractivity contribution in [1.29, 1.82) is 0 Å². The number of amides is 1. The van der Waals surface area contributed by atoms with Crippen molar-refractivity contribution in [3.8, 4) is 0 Å². The first kappa shape index (κ1) is 14.5. The molecule has 6 heteroatoms. The lowest BCUT2D eigenvalue weighted by Crippen LogP contribution is -2.29. The van der Waals surface area contributed by atoms with E-state index in [1.807, 2.05) is 6.26 Å². The Morgan fingerprint density at radius 2 is 2.11 bits per heavy atom. The molecular weight excluding hydrogens is 252 g/mol. The lowest BCUT2D eigenvalue weighted by molar-refractivity contribution is 0.0693. The first-order valence-electron chi connectivity index (χ1n) is 5.42. The van der Waals surface area contributed by atoms with Gasteiger partial charge in [0.05, 0.1) is 11.3 Å². The highest BCUT2D eigenvalue weighted by molar-refractivity contribution is 7.98. The molecule has 0 unspecified atom stereocenters. The summed E-state index contributed by atoms with van der Waals surface area (Å²) in [5.74, 6) is -0.368. The molecular formula is C12H16N2O3S. The minimum atomic E-state index is -1.03. The molecule has 1 rings (SSSR count). The number of hydrogen-bond donors (Lipinski definition) is 1. The zero-order valence-corrected chi connectivity index (χ0v) is 11.5. The topological polar surface area (TPSA) is 70.5 Å². The number of carboxylic acid groups (broad SMARTS) is 1. The van der Waals surface area contributed by atoms with Crippen molar-refractivity contribution >= 4 is 23.6 Å². The Kier molecular flexibility index (Phi) is 5.15. The van der Waals surface area contributed by atoms with Crippen molar-refractivity contribution < 1.29 is 14.7 Å². The molecule has 0 fully saturated rings. The van der Waals surface area contributed by atoms with Gasteiger partial charge in [0.2, 0.25) is 0 Å². The maximum absolute atomic E-state index is 12.0. The minimum absolute atomic E-state index is 0.123. The van der Waals surface area contributed by atoms with E-state index in [-0.39, 0.29) is 17.2 Å². The zero-order chi connectivity index (χ0) is 13.7. The first-order valence-corrected chi connectivity index (χ1v) is 6.82. The van der Waals surface area contributed by atoms with Gasteiger partial charge in [-0.1, -0.05) is 0 Å². The average Bonchev–Trinajstić information content (AvgIpc) is 2.34. The summed E-state index contributed by atoms with van der Waals surface area (Å²) in [5.41, 5.74) is 0.756. The zero-order valence-electron chi connectivity index (χ0n) is 10.6. The second-order valence-electron chi connectivity index (χ2n) is 3.85. The van der Waals surface area contributed by atoms with Gasteiger partial charge in [0.1, 0.15) is 5.69 Å². The molecule has 0 aliphatic rings. The van der Waals surface area contributed by atoms with Crippen LogP contribution in [-0.2, 0) is 0 Å². The summed E-state index contributed by atoms with van der Waals surface area (Å²) in [6.45, 7) is 2.23. The largest absolute Gasteiger partial charge is 0.478 e. The third kappa shape index (κ3) is 3.46. The Morgan fingerprint density at radius 1 is 1.44 bits per heavy atom. The molecule has 0 aliphatic carbocycles. The van der Waals surface area contributed by atoms with Gasteiger partial charge in [0.25, 0.3) is 5.91 Å². The van der Waals surface area contributed by atoms with Crippen molar-refractivity contribution in [3.05, 3.63) is 29.1 Å². The Hall–Kier alpha value is -1.56. The maximum atomic E-state index is 12.0. The van der Waals surface area contributed by atoms with Gasteiger partial charge in [-0.05, 0) is 25.3 Å². The summed E-state index contributed by atoms with van der Waals surface area (Å²) >= 11 is 1.66. The first-order chi connectivity index (χ1) is 8.47. The maximum Gasteiger partial charge on any atom is 0.337 e. The molecule has 0 saturated carbocycles. The van der Waals surface area contributed by atoms with Crippen LogP contribution in [0.3, 0.4) is 0 Å². The third-order valence-corrected chi connectivity index (χ3v) is 3.10. The fourth-order valence-corrected chi connectivity index (χ4v) is 1.89. The molecule has 0 radical (unpaired) electrons. The Morgan fingerprint density at radius 3 is 2.61 bits per heavy atom. The van der Waals surface area contributed by atoms with Crippen LogP contribution in [0.15, 0.2) is 12.1 Å². The van der Waals surface area contributed by atoms with Crippen LogP contribution in [-0.4, -0.2) is 52.5 Å². The minimum Gasteiger partial charge on any atom is -0.478 e. The molecule has 1 amide bonds. The smallest absolute Gasteiger partial charge is 0.337 e. The average molecular weight is 268 g/mol. The van der Waals surface area contributed by atoms with Crippen LogP contribution in [0, 0.1) is 6.92 Å². The summed E-state index contributed by atoms with van der Waals surface area (Å²) in [6, 6.07) is 2.87. The van der Waals surface area contributed by atoms with E-state index in [9.17, 15) is 9.59 Å². The van der Waals surface area contributed by atoms with Crippen molar-refractivity contribution in [2.45, 2.75) is 6.92 Å². The molecule has 18 heavy (non-hydrogen) atoms. The lowest BCUT2D eigenvalue weighted by Gasteiger charge is -2.16. The van der Waals surface area contributed by atoms with Gasteiger partial charge in [0, 0.05) is 19.3 Å². The van der Waals surface area contributed by atoms with Gasteiger partial charge in [-0.3, -0.25) is 4.79 Å². The van der Waals surface area contributed by atoms with Gasteiger partial charge in [-0.25, -0.2) is 9.78 Å². The monoisotopic (exact) mass is 268 g/mol. The van der Waals surface area contributed by atoms with Crippen LogP contribution in [0.5, 0.6) is 0 Å². The van der Waals surface area contributed by atoms with E-state index in [0.29, 0.717) is 12.2 Å². The fourth-order valence-electron chi connectivity index (χ4n) is 1.43. The number of hydrogen-bond acceptors (Lipinski definition) is 4. The highest BCUT2D eigenvalue weighted by Crippen LogP contribution is 2.09. The molecule has 1 aromatic heterocycles. The summed E-state index contributed by atoms with van der Waals surface area (Å²) in [7, 11) is 1.71. The number of thioether (sulfide) groups is 1. The van der Waals surface area contributed by atoms with E-state index in [0.717, 1.165) is 5.75 Å². The quantitative estimate of drug-likeness (QED) is 0.876. The van der Waals surface area contributed by atoms with Crippen molar-refractivity contribution in [2.75, 3.05) is 25.6 Å². The molecule has 0 spiro atoms. The van der Waals surface area contributed by atoms with Gasteiger partial charge in [0.15, 0.2) is 0 Å². The molecule has 1 N–H and O–H groups in total. The molecule has 0 aliphatic heterocycles. The van der Waals surface area contributed by atoms with E-state index >= 15 is 0 Å². The summed E-state index contributed by atoms with van der Waals surface area (Å²) < 4.78 is 0. The number of pyridine rings is 1. The second kappa shape index (κ2) is 6.39. The van der Waals surface area contributed by atoms with Crippen LogP contribution >= 0.6 is 11.8 Å². The second-order valence-corrected chi connectivity index (χ2v) is 4.84. The normalized spacial score (nSPS) is 10.2. The predicted octanol–water partition coefficient (Wildman–Crippen LogP) is 1.52. The Balaban J connectivity index is 2.87. The van der Waals surface area contributed by atoms with Crippen LogP contribution in [0.1, 0.15) is 26.5 Å². The molecule has 1 heterocycles. The number of aromatic carboxylic acids is 1. The van der Waals surface area contributed by atoms with Crippen molar-refractivity contribution in [1.82, 2.24) is 9.88 Å². The van der Waals surface area contributed by atoms with E-state index in [1.165, 1.54) is 12.1 Å². The highest BCUT2D eigenvalue weighted by Gasteiger charge is 2.15. The van der Waals surface area contributed by atoms with Gasteiger partial charge >= 0.3 is 5.97 Å². The number of rotatable bonds is 5. The lowest BCUT2D eigenvalue weighted by atomic mass is 10.2. The number of nitrogens with zero attached hydrogens (tertiary/aromatic N) is 2. The van der Waals surface area contributed by atoms with E-state index in [4.69, 9.17) is 5.11 Å². The fraction of sp³-hybridized carbons (Fsp3) is 0.417. The number of aryl methyl sites for hydroxylation is 1. The number of carboxylic acids is 1. The van der Waals surface area contributed by atoms with Gasteiger partial charge in [-0.15, -0.1) is 0 Å². The van der Waals surface area contributed by atoms with Gasteiger partial charge < -0.3 is 10.0 Å². The standard InChI is InChI=1S/C12H16N2O3S/c1-8-9(12(16)17)4-5-10(13-8)11(15)14(2)6-7-18-3/h4-5H,6-7H2,1-3H3,(H,16,17). The number of carbonyl (C=O) groups is 2. The SMILES string of the molecule is CSCCN(C)C(=O)c1ccc(C(=O)O)c(C)n1. The van der Waals surface area contributed by atoms with Crippen molar-refractivity contribution in [2.24, 2.45) is 0 Å². The Labute approximate surface area is 110 Å². The summed E-state index contributed by atoms with van der Waals surface area (Å²) in [6.07, 6.45) is 1.97. The third-order valence-electron chi connectivity index (χ3n) is 2.51. The van der Waals surface area contributed by atoms with Crippen molar-refractivity contribution in [3.63, 3.8) is 0 Å². The van der Waals surface area contributed by atoms with E-state index < -0.39 is 5.97 Å². The summed E-state index contributed by atoms with van der Waals surface area (Å²) in [4.78, 5) is 28.5. The number of aromatic nitrogens is 1. The predicted molar refractivity (Wildman–Crippen MR) is 71.3 cm³/mol. The van der Waals surface area contributed by atoms with E-state index in [1.54, 1.807) is 30.6 Å². The summed E-state index contributed by atoms with van der Waals surface area (Å²) in [5, 5.41) is 8.88. The molecule has 0 bridgehead atoms. The van der Waals surface area contributed by atoms with Crippen LogP contribution < -0.4 is 0 Å².